The Balaban J connectivity index is 0.00000162. The number of aromatic nitrogens is 1. The number of carbonyl (C=O) groups is 1. The van der Waals surface area contributed by atoms with E-state index in [0.29, 0.717) is 11.3 Å². The molecule has 0 fully saturated rings. The summed E-state index contributed by atoms with van der Waals surface area (Å²) in [4.78, 5) is 11.9. The van der Waals surface area contributed by atoms with Crippen LogP contribution in [0.2, 0.25) is 0 Å². The molecule has 0 aliphatic carbocycles. The molecule has 1 aromatic carbocycles. The molecule has 0 aliphatic heterocycles. The van der Waals surface area contributed by atoms with Crippen LogP contribution in [0.1, 0.15) is 10.4 Å². The van der Waals surface area contributed by atoms with Crippen molar-refractivity contribution < 1.29 is 34.5 Å². The molecular weight excluding hydrogens is 321 g/mol. The minimum atomic E-state index is -0.0937. The SMILES string of the molecule is COc1c[c-]c(C(=O)[CH-][n+]2ccccc2)cc1.[Pd+2]. The van der Waals surface area contributed by atoms with Gasteiger partial charge in [0.05, 0.1) is 31.8 Å². The third kappa shape index (κ3) is 3.70. The summed E-state index contributed by atoms with van der Waals surface area (Å²) in [7, 11) is 1.58. The second kappa shape index (κ2) is 6.95. The molecular formula is C14H12NO2Pd+. The van der Waals surface area contributed by atoms with Crippen molar-refractivity contribution in [1.82, 2.24) is 0 Å². The van der Waals surface area contributed by atoms with Gasteiger partial charge in [0.2, 0.25) is 0 Å². The molecule has 94 valence electrons. The summed E-state index contributed by atoms with van der Waals surface area (Å²) in [5.41, 5.74) is 0.516. The monoisotopic (exact) mass is 332 g/mol. The number of carbonyl (C=O) groups excluding carboxylic acids is 1. The second-order valence-electron chi connectivity index (χ2n) is 3.46. The van der Waals surface area contributed by atoms with Crippen molar-refractivity contribution in [3.8, 4) is 5.75 Å². The second-order valence-corrected chi connectivity index (χ2v) is 3.46. The Bertz CT molecular complexity index is 497. The molecule has 0 amide bonds. The predicted molar refractivity (Wildman–Crippen MR) is 62.5 cm³/mol. The fraction of sp³-hybridized carbons (Fsp3) is 0.0714. The number of hydrogen-bond donors (Lipinski definition) is 0. The third-order valence-corrected chi connectivity index (χ3v) is 2.29. The molecule has 0 N–H and O–H groups in total. The maximum Gasteiger partial charge on any atom is 2.00 e. The van der Waals surface area contributed by atoms with Crippen LogP contribution < -0.4 is 9.30 Å². The van der Waals surface area contributed by atoms with Crippen LogP contribution in [-0.2, 0) is 20.4 Å². The zero-order valence-corrected chi connectivity index (χ0v) is 11.3. The quantitative estimate of drug-likeness (QED) is 0.369. The van der Waals surface area contributed by atoms with E-state index in [4.69, 9.17) is 4.74 Å². The Labute approximate surface area is 120 Å². The first-order valence-electron chi connectivity index (χ1n) is 5.20. The summed E-state index contributed by atoms with van der Waals surface area (Å²) in [5.74, 6) is 0.595. The topological polar surface area (TPSA) is 30.2 Å². The molecule has 1 heterocycles. The number of pyridine rings is 1. The number of ketones is 1. The summed E-state index contributed by atoms with van der Waals surface area (Å²) in [6, 6.07) is 13.6. The Kier molecular flexibility index (Phi) is 5.57. The van der Waals surface area contributed by atoms with Crippen LogP contribution in [0.3, 0.4) is 0 Å². The van der Waals surface area contributed by atoms with Gasteiger partial charge in [0.1, 0.15) is 0 Å². The molecule has 0 spiro atoms. The van der Waals surface area contributed by atoms with Crippen molar-refractivity contribution >= 4 is 5.78 Å². The summed E-state index contributed by atoms with van der Waals surface area (Å²) < 4.78 is 6.72. The average molecular weight is 333 g/mol. The van der Waals surface area contributed by atoms with E-state index in [1.165, 1.54) is 6.54 Å². The van der Waals surface area contributed by atoms with Crippen molar-refractivity contribution in [2.24, 2.45) is 0 Å². The van der Waals surface area contributed by atoms with E-state index in [2.05, 4.69) is 6.07 Å². The van der Waals surface area contributed by atoms with Crippen molar-refractivity contribution in [1.29, 1.82) is 0 Å². The molecule has 18 heavy (non-hydrogen) atoms. The number of hydrogen-bond acceptors (Lipinski definition) is 2. The van der Waals surface area contributed by atoms with E-state index in [-0.39, 0.29) is 26.2 Å². The zero-order valence-electron chi connectivity index (χ0n) is 9.78. The molecule has 0 unspecified atom stereocenters. The first-order chi connectivity index (χ1) is 8.29. The first kappa shape index (κ1) is 14.4. The van der Waals surface area contributed by atoms with E-state index >= 15 is 0 Å². The van der Waals surface area contributed by atoms with Gasteiger partial charge in [-0.2, -0.15) is 17.7 Å². The maximum absolute atomic E-state index is 11.9. The molecule has 0 aliphatic rings. The first-order valence-corrected chi connectivity index (χ1v) is 5.20. The minimum Gasteiger partial charge on any atom is -0.540 e. The molecule has 2 aromatic rings. The molecule has 0 saturated heterocycles. The number of Topliss-reactive ketones (excluding diaryl/α,β-unsaturated/α-hetero) is 1. The van der Waals surface area contributed by atoms with Crippen LogP contribution in [0.5, 0.6) is 5.75 Å². The average Bonchev–Trinajstić information content (AvgIpc) is 2.40. The zero-order chi connectivity index (χ0) is 12.1. The Morgan fingerprint density at radius 3 is 2.56 bits per heavy atom. The van der Waals surface area contributed by atoms with Gasteiger partial charge in [-0.1, -0.05) is 6.07 Å². The van der Waals surface area contributed by atoms with E-state index in [1.54, 1.807) is 42.3 Å². The van der Waals surface area contributed by atoms with Crippen LogP contribution in [0, 0.1) is 12.6 Å². The molecule has 0 saturated carbocycles. The van der Waals surface area contributed by atoms with Gasteiger partial charge in [-0.3, -0.25) is 4.57 Å². The Morgan fingerprint density at radius 1 is 1.28 bits per heavy atom. The van der Waals surface area contributed by atoms with Crippen LogP contribution in [-0.4, -0.2) is 12.9 Å². The van der Waals surface area contributed by atoms with Gasteiger partial charge in [-0.05, 0) is 12.1 Å². The largest absolute Gasteiger partial charge is 2.00 e. The van der Waals surface area contributed by atoms with Crippen LogP contribution in [0.25, 0.3) is 0 Å². The fourth-order valence-electron chi connectivity index (χ4n) is 1.39. The molecule has 3 nitrogen and oxygen atoms in total. The summed E-state index contributed by atoms with van der Waals surface area (Å²) in [6.07, 6.45) is 3.61. The fourth-order valence-corrected chi connectivity index (χ4v) is 1.39. The molecule has 4 heteroatoms. The van der Waals surface area contributed by atoms with Crippen LogP contribution in [0.15, 0.2) is 48.8 Å². The molecule has 0 atom stereocenters. The van der Waals surface area contributed by atoms with Gasteiger partial charge in [0, 0.05) is 5.75 Å². The van der Waals surface area contributed by atoms with Gasteiger partial charge in [0.15, 0.2) is 0 Å². The van der Waals surface area contributed by atoms with Crippen LogP contribution >= 0.6 is 0 Å². The number of nitrogens with zero attached hydrogens (tertiary/aromatic N) is 1. The predicted octanol–water partition coefficient (Wildman–Crippen LogP) is 1.67. The maximum atomic E-state index is 11.9. The van der Waals surface area contributed by atoms with Gasteiger partial charge in [0.25, 0.3) is 0 Å². The summed E-state index contributed by atoms with van der Waals surface area (Å²) in [5, 5.41) is 0. The minimum absolute atomic E-state index is 0. The van der Waals surface area contributed by atoms with Gasteiger partial charge >= 0.3 is 20.4 Å². The van der Waals surface area contributed by atoms with Gasteiger partial charge in [-0.15, -0.1) is 12.1 Å². The van der Waals surface area contributed by atoms with E-state index in [9.17, 15) is 4.79 Å². The molecule has 0 radical (unpaired) electrons. The number of methoxy groups -OCH3 is 1. The Morgan fingerprint density at radius 2 is 2.00 bits per heavy atom. The van der Waals surface area contributed by atoms with Gasteiger partial charge in [-0.25, -0.2) is 0 Å². The van der Waals surface area contributed by atoms with Crippen molar-refractivity contribution in [3.05, 3.63) is 67.0 Å². The molecule has 2 rings (SSSR count). The van der Waals surface area contributed by atoms with E-state index in [0.717, 1.165) is 0 Å². The van der Waals surface area contributed by atoms with Crippen LogP contribution in [0.4, 0.5) is 0 Å². The van der Waals surface area contributed by atoms with Crippen molar-refractivity contribution in [3.63, 3.8) is 0 Å². The molecule has 1 aromatic heterocycles. The summed E-state index contributed by atoms with van der Waals surface area (Å²) >= 11 is 0. The normalized spacial score (nSPS) is 9.17. The summed E-state index contributed by atoms with van der Waals surface area (Å²) in [6.45, 7) is 1.51. The smallest absolute Gasteiger partial charge is 0.540 e. The Hall–Kier alpha value is -1.63. The number of benzene rings is 1. The number of ether oxygens (including phenoxy) is 1. The molecule has 0 bridgehead atoms. The van der Waals surface area contributed by atoms with Crippen molar-refractivity contribution in [2.45, 2.75) is 0 Å². The van der Waals surface area contributed by atoms with Gasteiger partial charge < -0.3 is 9.53 Å². The number of rotatable bonds is 4. The standard InChI is InChI=1S/C14H12NO2.Pd/c1-17-13-7-5-12(6-8-13)14(16)11-15-9-3-2-4-10-15;/h2-5,7-11H,1H3;/q-1;+2. The van der Waals surface area contributed by atoms with E-state index in [1.807, 2.05) is 18.2 Å². The van der Waals surface area contributed by atoms with E-state index < -0.39 is 0 Å². The third-order valence-electron chi connectivity index (χ3n) is 2.29. The van der Waals surface area contributed by atoms with Crippen molar-refractivity contribution in [2.75, 3.05) is 7.11 Å².